The molecule has 6 aromatic carbocycles. The monoisotopic (exact) mass is 1050 g/mol. The van der Waals surface area contributed by atoms with Crippen LogP contribution in [0, 0.1) is 0 Å². The lowest BCUT2D eigenvalue weighted by molar-refractivity contribution is 0.00359. The van der Waals surface area contributed by atoms with Crippen molar-refractivity contribution in [3.8, 4) is 28.7 Å². The Morgan fingerprint density at radius 1 is 0.211 bits per heavy atom. The fourth-order valence-electron chi connectivity index (χ4n) is 7.91. The van der Waals surface area contributed by atoms with Crippen molar-refractivity contribution in [1.82, 2.24) is 0 Å². The average Bonchev–Trinajstić information content (AvgIpc) is 3.47. The van der Waals surface area contributed by atoms with E-state index in [1.807, 2.05) is 60.7 Å². The molecular formula is C61H76O15. The van der Waals surface area contributed by atoms with E-state index in [4.69, 9.17) is 71.4 Å². The quantitative estimate of drug-likeness (QED) is 0.0288. The highest BCUT2D eigenvalue weighted by molar-refractivity contribution is 5.60. The summed E-state index contributed by atoms with van der Waals surface area (Å²) in [4.78, 5) is 0. The average molecular weight is 1050 g/mol. The van der Waals surface area contributed by atoms with Gasteiger partial charge in [-0.15, -0.1) is 0 Å². The van der Waals surface area contributed by atoms with Crippen LogP contribution in [0.2, 0.25) is 0 Å². The number of ether oxygens (including phenoxy) is 14. The van der Waals surface area contributed by atoms with Crippen LogP contribution in [0.5, 0.6) is 28.7 Å². The largest absolute Gasteiger partial charge is 0.491 e. The lowest BCUT2D eigenvalue weighted by Crippen LogP contribution is -2.30. The van der Waals surface area contributed by atoms with E-state index in [1.165, 1.54) is 16.7 Å². The molecule has 410 valence electrons. The van der Waals surface area contributed by atoms with Crippen molar-refractivity contribution in [1.29, 1.82) is 0 Å². The number of aliphatic hydroxyl groups excluding tert-OH is 1. The topological polar surface area (TPSA) is 149 Å². The summed E-state index contributed by atoms with van der Waals surface area (Å²) in [5.74, 6) is 3.73. The third-order valence-corrected chi connectivity index (χ3v) is 11.5. The van der Waals surface area contributed by atoms with Gasteiger partial charge in [0.25, 0.3) is 0 Å². The minimum atomic E-state index is -0.492. The maximum atomic E-state index is 8.66. The fraction of sp³-hybridized carbons (Fsp3) is 0.410. The van der Waals surface area contributed by atoms with Gasteiger partial charge in [-0.2, -0.15) is 0 Å². The molecule has 0 heterocycles. The molecule has 0 amide bonds. The smallest absolute Gasteiger partial charge is 0.119 e. The summed E-state index contributed by atoms with van der Waals surface area (Å²) in [6.07, 6.45) is 0. The van der Waals surface area contributed by atoms with Gasteiger partial charge in [-0.25, -0.2) is 0 Å². The fourth-order valence-corrected chi connectivity index (χ4v) is 7.91. The van der Waals surface area contributed by atoms with Crippen LogP contribution in [0.1, 0.15) is 22.3 Å². The van der Waals surface area contributed by atoms with Gasteiger partial charge in [-0.05, 0) is 82.9 Å². The summed E-state index contributed by atoms with van der Waals surface area (Å²) >= 11 is 0. The summed E-state index contributed by atoms with van der Waals surface area (Å²) in [5, 5.41) is 8.66. The first-order valence-corrected chi connectivity index (χ1v) is 26.2. The van der Waals surface area contributed by atoms with E-state index in [0.717, 1.165) is 34.3 Å². The zero-order valence-electron chi connectivity index (χ0n) is 43.7. The lowest BCUT2D eigenvalue weighted by atomic mass is 9.65. The van der Waals surface area contributed by atoms with Crippen molar-refractivity contribution < 1.29 is 71.4 Å². The Labute approximate surface area is 448 Å². The molecule has 0 spiro atoms. The summed E-state index contributed by atoms with van der Waals surface area (Å²) < 4.78 is 79.0. The van der Waals surface area contributed by atoms with E-state index in [9.17, 15) is 0 Å². The van der Waals surface area contributed by atoms with E-state index in [1.54, 1.807) is 0 Å². The van der Waals surface area contributed by atoms with E-state index >= 15 is 0 Å². The molecule has 0 aliphatic carbocycles. The molecule has 0 saturated carbocycles. The highest BCUT2D eigenvalue weighted by Crippen LogP contribution is 2.45. The van der Waals surface area contributed by atoms with Gasteiger partial charge in [0.15, 0.2) is 0 Å². The summed E-state index contributed by atoms with van der Waals surface area (Å²) in [7, 11) is 0. The number of rotatable bonds is 44. The van der Waals surface area contributed by atoms with Crippen molar-refractivity contribution in [2.75, 3.05) is 159 Å². The molecule has 0 radical (unpaired) electrons. The Balaban J connectivity index is 0.687. The molecule has 0 unspecified atom stereocenters. The molecule has 6 aromatic rings. The Hall–Kier alpha value is -6.08. The second kappa shape index (κ2) is 37.6. The Bertz CT molecular complexity index is 2210. The summed E-state index contributed by atoms with van der Waals surface area (Å²) in [5.41, 5.74) is 4.27. The first-order chi connectivity index (χ1) is 37.8. The number of aliphatic hydroxyl groups is 1. The third kappa shape index (κ3) is 22.3. The molecule has 0 aromatic heterocycles. The van der Waals surface area contributed by atoms with Gasteiger partial charge in [0.05, 0.1) is 131 Å². The van der Waals surface area contributed by atoms with Gasteiger partial charge in [0, 0.05) is 0 Å². The molecule has 1 N–H and O–H groups in total. The summed E-state index contributed by atoms with van der Waals surface area (Å²) in [6.45, 7) is 10.3. The molecule has 0 bridgehead atoms. The summed E-state index contributed by atoms with van der Waals surface area (Å²) in [6, 6.07) is 55.3. The maximum Gasteiger partial charge on any atom is 0.119 e. The van der Waals surface area contributed by atoms with Crippen molar-refractivity contribution in [2.45, 2.75) is 5.41 Å². The van der Waals surface area contributed by atoms with Crippen molar-refractivity contribution in [2.24, 2.45) is 0 Å². The van der Waals surface area contributed by atoms with Gasteiger partial charge in [0.1, 0.15) is 61.8 Å². The highest BCUT2D eigenvalue weighted by Gasteiger charge is 2.38. The van der Waals surface area contributed by atoms with E-state index in [-0.39, 0.29) is 6.61 Å². The molecule has 6 rings (SSSR count). The first-order valence-electron chi connectivity index (χ1n) is 26.2. The molecule has 0 fully saturated rings. The Morgan fingerprint density at radius 2 is 0.395 bits per heavy atom. The molecule has 0 aliphatic heterocycles. The molecule has 0 aliphatic rings. The molecule has 0 saturated heterocycles. The highest BCUT2D eigenvalue weighted by atomic mass is 16.6. The predicted molar refractivity (Wildman–Crippen MR) is 290 cm³/mol. The molecular weight excluding hydrogens is 973 g/mol. The SMILES string of the molecule is OCCOCCOCCOCCOc1ccc(OCCOCCOCCOCCOc2ccc(OCCOCCOCCOCCOc3ccc(C(c4ccccc4)(c4ccccc4)c4ccccc4)cc3)cc2)cc1. The zero-order valence-corrected chi connectivity index (χ0v) is 43.7. The van der Waals surface area contributed by atoms with Gasteiger partial charge in [0.2, 0.25) is 0 Å². The number of hydrogen-bond acceptors (Lipinski definition) is 15. The minimum absolute atomic E-state index is 0.0139. The van der Waals surface area contributed by atoms with Crippen LogP contribution < -0.4 is 23.7 Å². The van der Waals surface area contributed by atoms with Crippen LogP contribution in [-0.2, 0) is 48.0 Å². The van der Waals surface area contributed by atoms with Crippen molar-refractivity contribution in [3.05, 3.63) is 186 Å². The van der Waals surface area contributed by atoms with Crippen LogP contribution in [0.15, 0.2) is 164 Å². The maximum absolute atomic E-state index is 8.66. The molecule has 76 heavy (non-hydrogen) atoms. The Morgan fingerprint density at radius 3 is 0.618 bits per heavy atom. The van der Waals surface area contributed by atoms with Gasteiger partial charge < -0.3 is 71.4 Å². The second-order valence-corrected chi connectivity index (χ2v) is 16.8. The normalized spacial score (nSPS) is 11.4. The van der Waals surface area contributed by atoms with Gasteiger partial charge >= 0.3 is 0 Å². The standard InChI is InChI=1S/C61H76O15/c62-28-29-63-30-31-64-32-37-68-43-48-73-57-20-22-58(23-21-57)75-50-45-70-40-35-66-36-41-71-46-51-76-60-26-24-59(25-27-60)74-49-44-69-39-34-65-33-38-67-42-47-72-56-18-16-55(17-19-56)61(52-10-4-1-5-11-52,53-12-6-2-7-13-53)54-14-8-3-9-15-54/h1-27,62H,28-51H2. The number of benzene rings is 6. The van der Waals surface area contributed by atoms with Crippen LogP contribution in [0.25, 0.3) is 0 Å². The van der Waals surface area contributed by atoms with Crippen molar-refractivity contribution in [3.63, 3.8) is 0 Å². The minimum Gasteiger partial charge on any atom is -0.491 e. The van der Waals surface area contributed by atoms with Crippen molar-refractivity contribution >= 4 is 0 Å². The first kappa shape index (κ1) is 59.2. The third-order valence-electron chi connectivity index (χ3n) is 11.5. The predicted octanol–water partition coefficient (Wildman–Crippen LogP) is 8.51. The second-order valence-electron chi connectivity index (χ2n) is 16.8. The van der Waals surface area contributed by atoms with Gasteiger partial charge in [-0.1, -0.05) is 103 Å². The molecule has 15 heteroatoms. The van der Waals surface area contributed by atoms with E-state index < -0.39 is 5.41 Å². The molecule has 0 atom stereocenters. The van der Waals surface area contributed by atoms with Crippen LogP contribution in [-0.4, -0.2) is 164 Å². The molecule has 15 nitrogen and oxygen atoms in total. The van der Waals surface area contributed by atoms with E-state index in [0.29, 0.717) is 152 Å². The van der Waals surface area contributed by atoms with Gasteiger partial charge in [-0.3, -0.25) is 0 Å². The number of hydrogen-bond donors (Lipinski definition) is 1. The zero-order chi connectivity index (χ0) is 52.7. The van der Waals surface area contributed by atoms with E-state index in [2.05, 4.69) is 103 Å². The van der Waals surface area contributed by atoms with Crippen LogP contribution in [0.3, 0.4) is 0 Å². The lowest BCUT2D eigenvalue weighted by Gasteiger charge is -2.36. The van der Waals surface area contributed by atoms with Crippen LogP contribution in [0.4, 0.5) is 0 Å². The Kier molecular flexibility index (Phi) is 29.3. The van der Waals surface area contributed by atoms with Crippen LogP contribution >= 0.6 is 0 Å².